The van der Waals surface area contributed by atoms with Crippen molar-refractivity contribution in [3.05, 3.63) is 22.9 Å². The van der Waals surface area contributed by atoms with E-state index in [1.807, 2.05) is 20.8 Å². The van der Waals surface area contributed by atoms with Crippen LogP contribution in [0.2, 0.25) is 0 Å². The summed E-state index contributed by atoms with van der Waals surface area (Å²) >= 11 is 3.27. The number of carbonyl (C=O) groups excluding carboxylic acids is 2. The Balaban J connectivity index is 2.13. The van der Waals surface area contributed by atoms with Crippen molar-refractivity contribution in [3.8, 4) is 5.75 Å². The van der Waals surface area contributed by atoms with E-state index >= 15 is 0 Å². The van der Waals surface area contributed by atoms with E-state index in [1.54, 1.807) is 18.3 Å². The number of ether oxygens (including phenoxy) is 2. The average molecular weight is 471 g/mol. The number of aromatic nitrogens is 1. The molecule has 2 rings (SSSR count). The first-order valence-electron chi connectivity index (χ1n) is 9.37. The van der Waals surface area contributed by atoms with Crippen molar-refractivity contribution in [1.82, 2.24) is 9.88 Å². The highest BCUT2D eigenvalue weighted by Gasteiger charge is 2.45. The summed E-state index contributed by atoms with van der Waals surface area (Å²) in [5.74, 6) is -2.09. The third-order valence-electron chi connectivity index (χ3n) is 5.08. The number of nitrogens with zero attached hydrogens (tertiary/aromatic N) is 2. The van der Waals surface area contributed by atoms with Gasteiger partial charge in [0.1, 0.15) is 16.4 Å². The van der Waals surface area contributed by atoms with Crippen LogP contribution in [0.4, 0.5) is 0 Å². The number of methoxy groups -OCH3 is 1. The van der Waals surface area contributed by atoms with Crippen molar-refractivity contribution in [2.75, 3.05) is 20.3 Å². The van der Waals surface area contributed by atoms with E-state index in [2.05, 4.69) is 20.9 Å². The number of pyridine rings is 1. The first-order valence-corrected chi connectivity index (χ1v) is 10.2. The topological polar surface area (TPSA) is 106 Å². The maximum atomic E-state index is 13.2. The molecule has 0 bridgehead atoms. The summed E-state index contributed by atoms with van der Waals surface area (Å²) in [5, 5.41) is 9.64. The monoisotopic (exact) mass is 470 g/mol. The maximum Gasteiger partial charge on any atom is 0.326 e. The Kier molecular flexibility index (Phi) is 7.62. The molecule has 8 nitrogen and oxygen atoms in total. The number of hydrogen-bond donors (Lipinski definition) is 1. The number of rotatable bonds is 7. The van der Waals surface area contributed by atoms with Gasteiger partial charge in [-0.2, -0.15) is 0 Å². The van der Waals surface area contributed by atoms with E-state index in [9.17, 15) is 19.5 Å². The third-order valence-corrected chi connectivity index (χ3v) is 5.52. The van der Waals surface area contributed by atoms with Crippen LogP contribution in [0, 0.1) is 17.3 Å². The molecule has 1 aromatic heterocycles. The Morgan fingerprint density at radius 1 is 1.38 bits per heavy atom. The molecule has 1 aliphatic rings. The van der Waals surface area contributed by atoms with Gasteiger partial charge in [0, 0.05) is 24.7 Å². The lowest BCUT2D eigenvalue weighted by Gasteiger charge is -2.33. The van der Waals surface area contributed by atoms with Crippen molar-refractivity contribution >= 4 is 33.8 Å². The minimum atomic E-state index is -1.06. The summed E-state index contributed by atoms with van der Waals surface area (Å²) in [6, 6.07) is 2.49. The van der Waals surface area contributed by atoms with Gasteiger partial charge in [-0.25, -0.2) is 9.78 Å². The summed E-state index contributed by atoms with van der Waals surface area (Å²) in [7, 11) is 1.27. The second kappa shape index (κ2) is 9.56. The predicted molar refractivity (Wildman–Crippen MR) is 108 cm³/mol. The summed E-state index contributed by atoms with van der Waals surface area (Å²) in [6.45, 7) is 6.10. The molecule has 1 amide bonds. The molecule has 1 N–H and O–H groups in total. The lowest BCUT2D eigenvalue weighted by Crippen LogP contribution is -2.47. The fourth-order valence-corrected chi connectivity index (χ4v) is 3.77. The number of amides is 1. The van der Waals surface area contributed by atoms with Crippen LogP contribution < -0.4 is 4.74 Å². The molecule has 0 radical (unpaired) electrons. The number of esters is 1. The normalized spacial score (nSPS) is 20.2. The Bertz CT molecular complexity index is 764. The van der Waals surface area contributed by atoms with Gasteiger partial charge in [-0.3, -0.25) is 9.59 Å². The average Bonchev–Trinajstić information content (AvgIpc) is 3.07. The van der Waals surface area contributed by atoms with Gasteiger partial charge in [0.05, 0.1) is 26.1 Å². The number of carbonyl (C=O) groups is 3. The molecule has 9 heteroatoms. The van der Waals surface area contributed by atoms with Gasteiger partial charge in [0.25, 0.3) is 0 Å². The maximum absolute atomic E-state index is 13.2. The Labute approximate surface area is 178 Å². The van der Waals surface area contributed by atoms with E-state index in [4.69, 9.17) is 9.47 Å². The second-order valence-electron chi connectivity index (χ2n) is 8.27. The van der Waals surface area contributed by atoms with Crippen LogP contribution in [0.1, 0.15) is 33.6 Å². The van der Waals surface area contributed by atoms with E-state index in [0.29, 0.717) is 16.8 Å². The Morgan fingerprint density at radius 3 is 2.62 bits per heavy atom. The first kappa shape index (κ1) is 23.1. The number of carboxylic acid groups (broad SMARTS) is 1. The molecular formula is C20H27BrN2O6. The minimum Gasteiger partial charge on any atom is -0.493 e. The highest BCUT2D eigenvalue weighted by atomic mass is 79.9. The molecule has 0 aliphatic carbocycles. The van der Waals surface area contributed by atoms with Crippen LogP contribution in [-0.4, -0.2) is 59.1 Å². The van der Waals surface area contributed by atoms with Crippen molar-refractivity contribution in [3.63, 3.8) is 0 Å². The summed E-state index contributed by atoms with van der Waals surface area (Å²) in [6.07, 6.45) is 1.81. The minimum absolute atomic E-state index is 0.0894. The van der Waals surface area contributed by atoms with Crippen molar-refractivity contribution in [1.29, 1.82) is 0 Å². The molecule has 1 saturated heterocycles. The van der Waals surface area contributed by atoms with Crippen LogP contribution in [0.15, 0.2) is 22.9 Å². The predicted octanol–water partition coefficient (Wildman–Crippen LogP) is 2.75. The zero-order chi connectivity index (χ0) is 21.8. The molecule has 29 heavy (non-hydrogen) atoms. The number of hydrogen-bond acceptors (Lipinski definition) is 6. The highest BCUT2D eigenvalue weighted by molar-refractivity contribution is 9.10. The largest absolute Gasteiger partial charge is 0.493 e. The Hall–Kier alpha value is -2.16. The number of halogens is 1. The number of aliphatic carboxylic acids is 1. The van der Waals surface area contributed by atoms with Crippen molar-refractivity contribution in [2.24, 2.45) is 17.3 Å². The van der Waals surface area contributed by atoms with Crippen molar-refractivity contribution < 1.29 is 29.0 Å². The molecule has 0 unspecified atom stereocenters. The fourth-order valence-electron chi connectivity index (χ4n) is 3.42. The van der Waals surface area contributed by atoms with Gasteiger partial charge in [-0.15, -0.1) is 0 Å². The standard InChI is InChI=1S/C20H27BrN2O6/c1-20(2,3)14(9-17(24)28-4)18(25)23-10-12(7-15(23)19(26)27)11-29-13-5-6-22-16(21)8-13/h5-6,8,12,14-15H,7,9-11H2,1-4H3,(H,26,27)/t12-,14-,15+/m1/s1. The third kappa shape index (κ3) is 6.16. The van der Waals surface area contributed by atoms with Crippen LogP contribution in [0.3, 0.4) is 0 Å². The summed E-state index contributed by atoms with van der Waals surface area (Å²) in [5.41, 5.74) is -0.522. The van der Waals surface area contributed by atoms with Gasteiger partial charge in [-0.05, 0) is 33.8 Å². The van der Waals surface area contributed by atoms with Crippen LogP contribution in [0.25, 0.3) is 0 Å². The lowest BCUT2D eigenvalue weighted by atomic mass is 9.77. The lowest BCUT2D eigenvalue weighted by molar-refractivity contribution is -0.154. The zero-order valence-electron chi connectivity index (χ0n) is 17.1. The van der Waals surface area contributed by atoms with E-state index in [-0.39, 0.29) is 31.4 Å². The van der Waals surface area contributed by atoms with Gasteiger partial charge < -0.3 is 19.5 Å². The molecule has 0 saturated carbocycles. The molecule has 2 heterocycles. The second-order valence-corrected chi connectivity index (χ2v) is 9.08. The molecule has 1 fully saturated rings. The van der Waals surface area contributed by atoms with Crippen molar-refractivity contribution in [2.45, 2.75) is 39.7 Å². The van der Waals surface area contributed by atoms with Crippen LogP contribution in [0.5, 0.6) is 5.75 Å². The quantitative estimate of drug-likeness (QED) is 0.482. The Morgan fingerprint density at radius 2 is 2.07 bits per heavy atom. The first-order chi connectivity index (χ1) is 13.5. The van der Waals surface area contributed by atoms with E-state index < -0.39 is 29.3 Å². The molecule has 0 aromatic carbocycles. The summed E-state index contributed by atoms with van der Waals surface area (Å²) < 4.78 is 11.1. The number of likely N-dealkylation sites (tertiary alicyclic amines) is 1. The zero-order valence-corrected chi connectivity index (χ0v) is 18.6. The van der Waals surface area contributed by atoms with Gasteiger partial charge >= 0.3 is 11.9 Å². The number of carboxylic acids is 1. The SMILES string of the molecule is COC(=O)C[C@H](C(=O)N1C[C@H](COc2ccnc(Br)c2)C[C@H]1C(=O)O)C(C)(C)C. The molecule has 1 aliphatic heterocycles. The highest BCUT2D eigenvalue weighted by Crippen LogP contribution is 2.34. The van der Waals surface area contributed by atoms with Crippen LogP contribution in [-0.2, 0) is 19.1 Å². The molecule has 1 aromatic rings. The molecule has 0 spiro atoms. The van der Waals surface area contributed by atoms with Gasteiger partial charge in [0.2, 0.25) is 5.91 Å². The molecular weight excluding hydrogens is 444 g/mol. The van der Waals surface area contributed by atoms with Gasteiger partial charge in [0.15, 0.2) is 0 Å². The summed E-state index contributed by atoms with van der Waals surface area (Å²) in [4.78, 5) is 42.2. The molecule has 3 atom stereocenters. The van der Waals surface area contributed by atoms with E-state index in [0.717, 1.165) is 0 Å². The fraction of sp³-hybridized carbons (Fsp3) is 0.600. The van der Waals surface area contributed by atoms with E-state index in [1.165, 1.54) is 12.0 Å². The molecule has 160 valence electrons. The smallest absolute Gasteiger partial charge is 0.326 e. The van der Waals surface area contributed by atoms with Gasteiger partial charge in [-0.1, -0.05) is 20.8 Å². The van der Waals surface area contributed by atoms with Crippen LogP contribution >= 0.6 is 15.9 Å².